The highest BCUT2D eigenvalue weighted by Crippen LogP contribution is 2.39. The third kappa shape index (κ3) is 4.15. The minimum Gasteiger partial charge on any atom is -0.453 e. The highest BCUT2D eigenvalue weighted by molar-refractivity contribution is 6.10. The molecule has 51 heavy (non-hydrogen) atoms. The van der Waals surface area contributed by atoms with Crippen molar-refractivity contribution in [2.45, 2.75) is 0 Å². The molecule has 238 valence electrons. The van der Waals surface area contributed by atoms with Crippen molar-refractivity contribution in [1.29, 1.82) is 0 Å². The Hall–Kier alpha value is -6.98. The predicted molar refractivity (Wildman–Crippen MR) is 209 cm³/mol. The molecule has 0 N–H and O–H groups in total. The Kier molecular flexibility index (Phi) is 5.89. The molecule has 0 bridgehead atoms. The van der Waals surface area contributed by atoms with Gasteiger partial charge >= 0.3 is 0 Å². The van der Waals surface area contributed by atoms with Gasteiger partial charge in [0.2, 0.25) is 5.95 Å². The van der Waals surface area contributed by atoms with Crippen LogP contribution in [0.4, 0.5) is 0 Å². The summed E-state index contributed by atoms with van der Waals surface area (Å²) in [5, 5.41) is 5.82. The minimum absolute atomic E-state index is 0.621. The maximum atomic E-state index is 6.30. The Balaban J connectivity index is 1.06. The molecule has 0 radical (unpaired) electrons. The first-order valence-corrected chi connectivity index (χ1v) is 17.2. The zero-order valence-electron chi connectivity index (χ0n) is 27.4. The van der Waals surface area contributed by atoms with E-state index in [-0.39, 0.29) is 0 Å². The van der Waals surface area contributed by atoms with Gasteiger partial charge in [0.05, 0.1) is 28.3 Å². The number of furan rings is 1. The Morgan fingerprint density at radius 2 is 0.941 bits per heavy atom. The van der Waals surface area contributed by atoms with Crippen LogP contribution in [0.15, 0.2) is 174 Å². The first-order chi connectivity index (χ1) is 25.3. The topological polar surface area (TPSA) is 48.8 Å². The van der Waals surface area contributed by atoms with Crippen molar-refractivity contribution in [3.05, 3.63) is 170 Å². The minimum atomic E-state index is 0.621. The number of hydrogen-bond acceptors (Lipinski definition) is 3. The van der Waals surface area contributed by atoms with Crippen molar-refractivity contribution in [3.8, 4) is 33.9 Å². The number of rotatable bonds is 4. The maximum absolute atomic E-state index is 6.30. The number of nitrogens with zero attached hydrogens (tertiary/aromatic N) is 4. The Bertz CT molecular complexity index is 3060. The normalized spacial score (nSPS) is 11.9. The van der Waals surface area contributed by atoms with Crippen LogP contribution < -0.4 is 0 Å². The van der Waals surface area contributed by atoms with Crippen LogP contribution in [-0.2, 0) is 0 Å². The second-order valence-electron chi connectivity index (χ2n) is 13.0. The number of para-hydroxylation sites is 4. The molecule has 0 unspecified atom stereocenters. The summed E-state index contributed by atoms with van der Waals surface area (Å²) in [6.45, 7) is 0. The second kappa shape index (κ2) is 10.8. The van der Waals surface area contributed by atoms with Gasteiger partial charge in [0.15, 0.2) is 5.58 Å². The lowest BCUT2D eigenvalue weighted by molar-refractivity contribution is 0.665. The van der Waals surface area contributed by atoms with Gasteiger partial charge in [-0.1, -0.05) is 115 Å². The standard InChI is InChI=1S/C46H28N4O/c1-2-15-33(32(14-1)29-12-11-13-31(26-29)49-39-20-7-3-16-34(39)35-17-4-8-21-40(35)49)30-24-25-43-38(27-30)45-44(51-43)28-47-46(48-45)50-41-22-9-5-18-36(41)37-19-6-10-23-42(37)50/h1-28H. The second-order valence-corrected chi connectivity index (χ2v) is 13.0. The molecule has 0 saturated carbocycles. The van der Waals surface area contributed by atoms with Crippen molar-refractivity contribution >= 4 is 65.7 Å². The summed E-state index contributed by atoms with van der Waals surface area (Å²) in [5.41, 5.74) is 12.5. The molecule has 0 atom stereocenters. The third-order valence-corrected chi connectivity index (χ3v) is 10.2. The van der Waals surface area contributed by atoms with Crippen molar-refractivity contribution < 1.29 is 4.42 Å². The lowest BCUT2D eigenvalue weighted by Gasteiger charge is -2.13. The summed E-state index contributed by atoms with van der Waals surface area (Å²) >= 11 is 0. The van der Waals surface area contributed by atoms with Crippen molar-refractivity contribution in [2.75, 3.05) is 0 Å². The zero-order chi connectivity index (χ0) is 33.5. The van der Waals surface area contributed by atoms with E-state index in [0.29, 0.717) is 11.5 Å². The maximum Gasteiger partial charge on any atom is 0.235 e. The molecule has 0 aliphatic rings. The van der Waals surface area contributed by atoms with Crippen LogP contribution in [0.2, 0.25) is 0 Å². The molecule has 4 aromatic heterocycles. The lowest BCUT2D eigenvalue weighted by atomic mass is 9.93. The molecule has 0 fully saturated rings. The fraction of sp³-hybridized carbons (Fsp3) is 0. The Morgan fingerprint density at radius 1 is 0.412 bits per heavy atom. The molecular formula is C46H28N4O. The van der Waals surface area contributed by atoms with Gasteiger partial charge in [-0.25, -0.2) is 9.97 Å². The Morgan fingerprint density at radius 3 is 1.55 bits per heavy atom. The molecule has 5 heteroatoms. The molecule has 11 aromatic rings. The van der Waals surface area contributed by atoms with E-state index in [1.807, 2.05) is 0 Å². The average Bonchev–Trinajstić information content (AvgIpc) is 3.85. The Labute approximate surface area is 292 Å². The lowest BCUT2D eigenvalue weighted by Crippen LogP contribution is -2.00. The molecule has 5 nitrogen and oxygen atoms in total. The van der Waals surface area contributed by atoms with E-state index in [9.17, 15) is 0 Å². The van der Waals surface area contributed by atoms with Gasteiger partial charge in [-0.15, -0.1) is 0 Å². The fourth-order valence-corrected chi connectivity index (χ4v) is 7.96. The predicted octanol–water partition coefficient (Wildman–Crippen LogP) is 11.9. The van der Waals surface area contributed by atoms with Crippen molar-refractivity contribution in [1.82, 2.24) is 19.1 Å². The van der Waals surface area contributed by atoms with E-state index in [1.54, 1.807) is 6.20 Å². The van der Waals surface area contributed by atoms with E-state index >= 15 is 0 Å². The third-order valence-electron chi connectivity index (χ3n) is 10.2. The summed E-state index contributed by atoms with van der Waals surface area (Å²) in [4.78, 5) is 9.97. The first-order valence-electron chi connectivity index (χ1n) is 17.2. The largest absolute Gasteiger partial charge is 0.453 e. The number of fused-ring (bicyclic) bond motifs is 9. The van der Waals surface area contributed by atoms with Gasteiger partial charge in [-0.05, 0) is 70.8 Å². The number of benzene rings is 7. The zero-order valence-corrected chi connectivity index (χ0v) is 27.4. The summed E-state index contributed by atoms with van der Waals surface area (Å²) in [6, 6.07) is 58.0. The molecule has 0 aliphatic heterocycles. The van der Waals surface area contributed by atoms with Crippen molar-refractivity contribution in [3.63, 3.8) is 0 Å². The van der Waals surface area contributed by atoms with Gasteiger partial charge in [-0.2, -0.15) is 0 Å². The molecule has 4 heterocycles. The van der Waals surface area contributed by atoms with Crippen LogP contribution in [0, 0.1) is 0 Å². The van der Waals surface area contributed by atoms with E-state index < -0.39 is 0 Å². The molecule has 0 aliphatic carbocycles. The van der Waals surface area contributed by atoms with E-state index in [2.05, 4.69) is 173 Å². The molecule has 0 amide bonds. The van der Waals surface area contributed by atoms with Gasteiger partial charge in [0, 0.05) is 32.6 Å². The van der Waals surface area contributed by atoms with Crippen LogP contribution in [0.5, 0.6) is 0 Å². The summed E-state index contributed by atoms with van der Waals surface area (Å²) in [6.07, 6.45) is 1.80. The van der Waals surface area contributed by atoms with Crippen LogP contribution in [-0.4, -0.2) is 19.1 Å². The van der Waals surface area contributed by atoms with Gasteiger partial charge < -0.3 is 8.98 Å². The fourth-order valence-electron chi connectivity index (χ4n) is 7.96. The molecule has 0 spiro atoms. The molecule has 7 aromatic carbocycles. The summed E-state index contributed by atoms with van der Waals surface area (Å²) < 4.78 is 10.8. The van der Waals surface area contributed by atoms with E-state index in [4.69, 9.17) is 14.4 Å². The summed E-state index contributed by atoms with van der Waals surface area (Å²) in [7, 11) is 0. The van der Waals surface area contributed by atoms with Crippen molar-refractivity contribution in [2.24, 2.45) is 0 Å². The highest BCUT2D eigenvalue weighted by atomic mass is 16.3. The number of aromatic nitrogens is 4. The first kappa shape index (κ1) is 27.9. The van der Waals surface area contributed by atoms with Gasteiger partial charge in [0.25, 0.3) is 0 Å². The SMILES string of the molecule is c1cc(-c2ccccc2-c2ccc3oc4cnc(-n5c6ccccc6c6ccccc65)nc4c3c2)cc(-n2c3ccccc3c3ccccc32)c1. The van der Waals surface area contributed by atoms with Crippen LogP contribution >= 0.6 is 0 Å². The number of hydrogen-bond donors (Lipinski definition) is 0. The van der Waals surface area contributed by atoms with Gasteiger partial charge in [-0.3, -0.25) is 4.57 Å². The van der Waals surface area contributed by atoms with Gasteiger partial charge in [0.1, 0.15) is 11.1 Å². The average molecular weight is 653 g/mol. The van der Waals surface area contributed by atoms with E-state index in [1.165, 1.54) is 32.6 Å². The molecule has 0 saturated heterocycles. The highest BCUT2D eigenvalue weighted by Gasteiger charge is 2.18. The smallest absolute Gasteiger partial charge is 0.235 e. The van der Waals surface area contributed by atoms with Crippen LogP contribution in [0.1, 0.15) is 0 Å². The molecule has 11 rings (SSSR count). The monoisotopic (exact) mass is 652 g/mol. The van der Waals surface area contributed by atoms with Crippen LogP contribution in [0.3, 0.4) is 0 Å². The quantitative estimate of drug-likeness (QED) is 0.190. The molecular weight excluding hydrogens is 625 g/mol. The van der Waals surface area contributed by atoms with Crippen LogP contribution in [0.25, 0.3) is 99.6 Å². The van der Waals surface area contributed by atoms with E-state index in [0.717, 1.165) is 55.5 Å². The summed E-state index contributed by atoms with van der Waals surface area (Å²) in [5.74, 6) is 0.621.